The monoisotopic (exact) mass is 1780 g/mol. The van der Waals surface area contributed by atoms with Crippen molar-refractivity contribution in [2.75, 3.05) is 106 Å². The molecule has 4 saturated heterocycles. The van der Waals surface area contributed by atoms with Crippen molar-refractivity contribution in [2.24, 2.45) is 5.73 Å². The SMILES string of the molecule is CO[C@@H]1C(C(=O)NCCOCCOCCNC(=O)[C@@H](Cc2ccc(O)c(O)c2)OC(=O)/C=C/c2ccc(O)c(O)c2)O[C@@H](O[C@@H]2C(NC(C)=O)[C@H](C)OC(CO)[C@H]2O)C(O)[C@H]1O.CO[C@@H]1C(C(=O)[O-])O[C@@H](O[C@@H]2C(NC(C)=O)[C@H](C)OC(CO)[C@H]2O)C(O)[C@H]1O.NCCOCCOCCNC(=O)[C@@H](Cc1ccc(O)c(O)c1)OC(=O)/C=C/c1ccc(O)c(O)c1. The van der Waals surface area contributed by atoms with Crippen molar-refractivity contribution in [3.8, 4) is 46.0 Å². The number of nitrogens with two attached hydrogens (primary N) is 1. The minimum atomic E-state index is -1.75. The van der Waals surface area contributed by atoms with Gasteiger partial charge in [0.05, 0.1) is 96.3 Å². The highest BCUT2D eigenvalue weighted by Gasteiger charge is 2.54. The molecule has 8 rings (SSSR count). The second-order valence-corrected chi connectivity index (χ2v) is 28.5. The Morgan fingerprint density at radius 1 is 0.448 bits per heavy atom. The maximum absolute atomic E-state index is 13.2. The number of esters is 2. The van der Waals surface area contributed by atoms with Gasteiger partial charge in [0.25, 0.3) is 17.7 Å². The Hall–Kier alpha value is -10.3. The highest BCUT2D eigenvalue weighted by Crippen LogP contribution is 2.35. The highest BCUT2D eigenvalue weighted by atomic mass is 16.7. The summed E-state index contributed by atoms with van der Waals surface area (Å²) in [6.45, 7) is 6.59. The Kier molecular flexibility index (Phi) is 43.0. The zero-order chi connectivity index (χ0) is 92.3. The topological polar surface area (TPSA) is 699 Å². The van der Waals surface area contributed by atoms with Gasteiger partial charge >= 0.3 is 11.9 Å². The predicted octanol–water partition coefficient (Wildman–Crippen LogP) is -6.55. The number of benzene rings is 4. The molecule has 125 heavy (non-hydrogen) atoms. The zero-order valence-electron chi connectivity index (χ0n) is 68.9. The van der Waals surface area contributed by atoms with Crippen LogP contribution in [-0.4, -0.2) is 370 Å². The summed E-state index contributed by atoms with van der Waals surface area (Å²) in [4.78, 5) is 98.6. The van der Waals surface area contributed by atoms with Gasteiger partial charge in [-0.05, 0) is 96.8 Å². The first kappa shape index (κ1) is 103. The number of aliphatic hydroxyl groups is 8. The van der Waals surface area contributed by atoms with E-state index >= 15 is 0 Å². The van der Waals surface area contributed by atoms with Crippen LogP contribution >= 0.6 is 0 Å². The van der Waals surface area contributed by atoms with Crippen LogP contribution in [0.3, 0.4) is 0 Å². The van der Waals surface area contributed by atoms with E-state index in [0.717, 1.165) is 19.3 Å². The van der Waals surface area contributed by atoms with Crippen molar-refractivity contribution >= 4 is 59.6 Å². The molecule has 0 aliphatic carbocycles. The van der Waals surface area contributed by atoms with E-state index in [2.05, 4.69) is 26.6 Å². The largest absolute Gasteiger partial charge is 0.547 e. The number of aromatic hydroxyl groups is 8. The molecular weight excluding hydrogens is 1670 g/mol. The molecule has 5 amide bonds. The Balaban J connectivity index is 0.000000321. The van der Waals surface area contributed by atoms with Gasteiger partial charge in [0, 0.05) is 79.2 Å². The molecule has 0 saturated carbocycles. The number of carboxylic acid groups (broad SMARTS) is 1. The molecule has 0 aromatic heterocycles. The molecule has 0 radical (unpaired) electrons. The van der Waals surface area contributed by atoms with Gasteiger partial charge in [0.2, 0.25) is 11.8 Å². The average Bonchev–Trinajstić information content (AvgIpc) is 0.779. The maximum atomic E-state index is 13.2. The Labute approximate surface area is 715 Å². The van der Waals surface area contributed by atoms with Crippen molar-refractivity contribution in [1.29, 1.82) is 0 Å². The fraction of sp³-hybridized carbons (Fsp3) is 0.550. The van der Waals surface area contributed by atoms with Crippen LogP contribution in [0.5, 0.6) is 46.0 Å². The summed E-state index contributed by atoms with van der Waals surface area (Å²) in [5, 5.41) is 184. The number of aliphatic carboxylic acids is 1. The maximum Gasteiger partial charge on any atom is 0.331 e. The van der Waals surface area contributed by atoms with Gasteiger partial charge in [0.1, 0.15) is 79.4 Å². The number of carbonyl (C=O) groups is 8. The molecule has 45 nitrogen and oxygen atoms in total. The number of rotatable bonds is 41. The third-order valence-corrected chi connectivity index (χ3v) is 19.2. The number of carboxylic acids is 1. The second kappa shape index (κ2) is 52.0. The predicted molar refractivity (Wildman–Crippen MR) is 423 cm³/mol. The molecule has 8 unspecified atom stereocenters. The molecule has 4 aliphatic heterocycles. The van der Waals surface area contributed by atoms with Crippen LogP contribution in [0.1, 0.15) is 49.9 Å². The smallest absolute Gasteiger partial charge is 0.331 e. The summed E-state index contributed by atoms with van der Waals surface area (Å²) >= 11 is 0. The van der Waals surface area contributed by atoms with Gasteiger partial charge in [-0.2, -0.15) is 0 Å². The standard InChI is InChI=1S/C40H55N3O19.C24H30N2O9.C16H27NO11/c1-20-31(43-21(2)45)35(32(51)29(19-44)59-20)61-40-34(53)33(52)36(56-3)37(62-40)39(55)42-11-13-58-15-14-57-12-10-41-38(54)28(18-23-5-8-25(47)27(49)17-23)60-30(50)9-6-22-4-7-24(46)26(48)16-22;25-7-9-33-11-12-34-10-8-26-24(32)22(15-17-2-5-19(28)21(30)14-17)35-23(31)6-3-16-1-4-18(27)20(29)13-16;1-5-8(17-6(2)19)12(9(20)7(4-18)26-5)27-16-11(22)10(21)13(25-3)14(28-16)15(23)24/h4-9,16-17,20,28-29,31-37,40,44,46-49,51-53H,10-15,18-19H2,1-3H3,(H,41,54)(H,42,55)(H,43,45);1-6,13-14,22,27-30H,7-12,15,25H2,(H,26,32);5,7-14,16,18,20-22H,4H2,1-3H3,(H,17,19)(H,23,24)/p-1/b9-6+;6-3+;/t20-,28+,29?,31?,32+,33+,34?,35+,36-,37?,40+;22-;5-,7?,8?,9+,10+,11?,12+,13-,14?,16+/m010/s1. The molecule has 696 valence electrons. The van der Waals surface area contributed by atoms with E-state index in [9.17, 15) is 125 Å². The number of carbonyl (C=O) groups excluding carboxylic acids is 8. The number of ether oxygens (including phenoxy) is 14. The fourth-order valence-corrected chi connectivity index (χ4v) is 12.9. The molecule has 4 heterocycles. The number of amides is 5. The molecule has 4 aliphatic rings. The lowest BCUT2D eigenvalue weighted by Gasteiger charge is -2.47. The minimum Gasteiger partial charge on any atom is -0.547 e. The molecule has 4 aromatic rings. The van der Waals surface area contributed by atoms with Crippen molar-refractivity contribution in [2.45, 2.75) is 175 Å². The van der Waals surface area contributed by atoms with E-state index in [0.29, 0.717) is 48.6 Å². The van der Waals surface area contributed by atoms with Crippen molar-refractivity contribution in [1.82, 2.24) is 26.6 Å². The number of phenols is 8. The van der Waals surface area contributed by atoms with E-state index < -0.39 is 207 Å². The molecule has 45 heteroatoms. The Morgan fingerprint density at radius 3 is 1.14 bits per heavy atom. The number of aliphatic hydroxyl groups excluding tert-OH is 8. The van der Waals surface area contributed by atoms with E-state index in [1.165, 1.54) is 106 Å². The summed E-state index contributed by atoms with van der Waals surface area (Å²) in [7, 11) is 2.33. The number of hydrogen-bond acceptors (Lipinski definition) is 40. The van der Waals surface area contributed by atoms with Gasteiger partial charge in [0.15, 0.2) is 76.9 Å². The van der Waals surface area contributed by atoms with Crippen LogP contribution in [0.15, 0.2) is 84.9 Å². The first-order valence-electron chi connectivity index (χ1n) is 39.2. The molecule has 23 N–H and O–H groups in total. The van der Waals surface area contributed by atoms with Gasteiger partial charge in [-0.15, -0.1) is 0 Å². The quantitative estimate of drug-likeness (QED) is 0.00850. The highest BCUT2D eigenvalue weighted by molar-refractivity contribution is 5.92. The number of nitrogens with one attached hydrogen (secondary N) is 5. The van der Waals surface area contributed by atoms with Crippen LogP contribution < -0.4 is 37.4 Å². The van der Waals surface area contributed by atoms with E-state index in [4.69, 9.17) is 72.0 Å². The van der Waals surface area contributed by atoms with Crippen molar-refractivity contribution < 1.29 is 191 Å². The van der Waals surface area contributed by atoms with Crippen molar-refractivity contribution in [3.05, 3.63) is 107 Å². The molecule has 22 atom stereocenters. The summed E-state index contributed by atoms with van der Waals surface area (Å²) in [5.41, 5.74) is 6.94. The second-order valence-electron chi connectivity index (χ2n) is 28.5. The number of methoxy groups -OCH3 is 2. The third-order valence-electron chi connectivity index (χ3n) is 19.2. The molecule has 0 bridgehead atoms. The fourth-order valence-electron chi connectivity index (χ4n) is 12.9. The first-order chi connectivity index (χ1) is 59.4. The molecule has 4 fully saturated rings. The summed E-state index contributed by atoms with van der Waals surface area (Å²) in [6.07, 6.45) is -23.4. The van der Waals surface area contributed by atoms with Gasteiger partial charge < -0.3 is 190 Å². The Morgan fingerprint density at radius 2 is 0.800 bits per heavy atom. The lowest BCUT2D eigenvalue weighted by Crippen LogP contribution is -2.68. The lowest BCUT2D eigenvalue weighted by atomic mass is 9.92. The van der Waals surface area contributed by atoms with Crippen LogP contribution in [0.2, 0.25) is 0 Å². The molecule has 0 spiro atoms. The van der Waals surface area contributed by atoms with Gasteiger partial charge in [-0.1, -0.05) is 24.3 Å². The van der Waals surface area contributed by atoms with E-state index in [-0.39, 0.29) is 100 Å². The number of hydrogen-bond donors (Lipinski definition) is 22. The van der Waals surface area contributed by atoms with Crippen LogP contribution in [0.4, 0.5) is 0 Å². The van der Waals surface area contributed by atoms with E-state index in [1.807, 2.05) is 0 Å². The van der Waals surface area contributed by atoms with Crippen LogP contribution in [0.25, 0.3) is 12.2 Å². The summed E-state index contributed by atoms with van der Waals surface area (Å²) in [5.74, 6) is -9.27. The Bertz CT molecular complexity index is 4170. The third kappa shape index (κ3) is 31.9. The average molecular weight is 1780 g/mol. The zero-order valence-corrected chi connectivity index (χ0v) is 68.9. The van der Waals surface area contributed by atoms with Gasteiger partial charge in [-0.25, -0.2) is 9.59 Å². The molecule has 4 aromatic carbocycles. The summed E-state index contributed by atoms with van der Waals surface area (Å²) < 4.78 is 75.8. The minimum absolute atomic E-state index is 0.00211. The molecular formula is C80H111N6O39-. The normalized spacial score (nSPS) is 26.5. The first-order valence-corrected chi connectivity index (χ1v) is 39.2. The lowest BCUT2D eigenvalue weighted by molar-refractivity contribution is -0.361. The van der Waals surface area contributed by atoms with E-state index in [1.54, 1.807) is 13.8 Å². The van der Waals surface area contributed by atoms with Crippen LogP contribution in [-0.2, 0) is 118 Å². The van der Waals surface area contributed by atoms with Gasteiger partial charge in [-0.3, -0.25) is 24.0 Å². The summed E-state index contributed by atoms with van der Waals surface area (Å²) in [6, 6.07) is 13.9. The number of phenolic OH excluding ortho intramolecular Hbond substituents is 8. The van der Waals surface area contributed by atoms with Crippen molar-refractivity contribution in [3.63, 3.8) is 0 Å². The van der Waals surface area contributed by atoms with Crippen LogP contribution in [0, 0.1) is 0 Å².